The smallest absolute Gasteiger partial charge is 0.416 e. The predicted molar refractivity (Wildman–Crippen MR) is 114 cm³/mol. The number of halogens is 4. The first-order chi connectivity index (χ1) is 15.1. The number of anilines is 1. The summed E-state index contributed by atoms with van der Waals surface area (Å²) in [4.78, 5) is 21.7. The maximum absolute atomic E-state index is 14.1. The van der Waals surface area contributed by atoms with Gasteiger partial charge in [0.1, 0.15) is 13.7 Å². The van der Waals surface area contributed by atoms with Crippen molar-refractivity contribution in [3.63, 3.8) is 0 Å². The second-order valence-electron chi connectivity index (χ2n) is 7.77. The lowest BCUT2D eigenvalue weighted by molar-refractivity contribution is -0.137. The van der Waals surface area contributed by atoms with Crippen molar-refractivity contribution < 1.29 is 31.9 Å². The molecular formula is C23H24BF4NO3. The molecule has 9 heteroatoms. The highest BCUT2D eigenvalue weighted by molar-refractivity contribution is 6.32. The molecule has 0 heterocycles. The van der Waals surface area contributed by atoms with Gasteiger partial charge in [-0.15, -0.1) is 0 Å². The number of ether oxygens (including phenoxy) is 1. The molecule has 1 amide bonds. The van der Waals surface area contributed by atoms with E-state index in [4.69, 9.17) is 12.6 Å². The molecule has 1 aliphatic rings. The van der Waals surface area contributed by atoms with Crippen LogP contribution in [0.3, 0.4) is 0 Å². The molecular weight excluding hydrogens is 425 g/mol. The van der Waals surface area contributed by atoms with Crippen molar-refractivity contribution in [1.29, 1.82) is 0 Å². The first kappa shape index (κ1) is 25.4. The Bertz CT molecular complexity index is 918. The van der Waals surface area contributed by atoms with Gasteiger partial charge in [0, 0.05) is 5.92 Å². The lowest BCUT2D eigenvalue weighted by atomic mass is 9.72. The maximum Gasteiger partial charge on any atom is 0.416 e. The minimum atomic E-state index is -4.63. The molecule has 170 valence electrons. The summed E-state index contributed by atoms with van der Waals surface area (Å²) in [6, 6.07) is 9.65. The molecule has 1 N–H and O–H groups in total. The third kappa shape index (κ3) is 6.83. The molecule has 0 bridgehead atoms. The van der Waals surface area contributed by atoms with E-state index >= 15 is 0 Å². The minimum absolute atomic E-state index is 0.0996. The van der Waals surface area contributed by atoms with E-state index in [-0.39, 0.29) is 29.3 Å². The van der Waals surface area contributed by atoms with E-state index in [0.29, 0.717) is 24.4 Å². The van der Waals surface area contributed by atoms with E-state index in [1.54, 1.807) is 0 Å². The number of hydrogen-bond donors (Lipinski definition) is 1. The average Bonchev–Trinajstić information content (AvgIpc) is 2.75. The van der Waals surface area contributed by atoms with Crippen molar-refractivity contribution in [3.05, 3.63) is 59.4 Å². The van der Waals surface area contributed by atoms with Crippen LogP contribution in [0.15, 0.2) is 42.5 Å². The summed E-state index contributed by atoms with van der Waals surface area (Å²) in [5.41, 5.74) is 0.442. The number of amides is 1. The van der Waals surface area contributed by atoms with Crippen LogP contribution < -0.4 is 10.8 Å². The van der Waals surface area contributed by atoms with Crippen molar-refractivity contribution in [1.82, 2.24) is 0 Å². The summed E-state index contributed by atoms with van der Waals surface area (Å²) in [7, 11) is 7.03. The topological polar surface area (TPSA) is 55.4 Å². The largest absolute Gasteiger partial charge is 0.471 e. The van der Waals surface area contributed by atoms with Crippen LogP contribution in [0.5, 0.6) is 0 Å². The molecule has 2 radical (unpaired) electrons. The Morgan fingerprint density at radius 1 is 1.16 bits per heavy atom. The van der Waals surface area contributed by atoms with E-state index in [1.165, 1.54) is 7.11 Å². The van der Waals surface area contributed by atoms with Crippen molar-refractivity contribution in [2.24, 2.45) is 11.8 Å². The Hall–Kier alpha value is -2.84. The van der Waals surface area contributed by atoms with E-state index in [1.807, 2.05) is 31.2 Å². The van der Waals surface area contributed by atoms with Crippen LogP contribution in [0.1, 0.15) is 43.2 Å². The number of benzene rings is 2. The summed E-state index contributed by atoms with van der Waals surface area (Å²) in [6.45, 7) is 2.34. The van der Waals surface area contributed by atoms with Crippen LogP contribution >= 0.6 is 0 Å². The van der Waals surface area contributed by atoms with Crippen LogP contribution in [0.25, 0.3) is 0 Å². The van der Waals surface area contributed by atoms with Gasteiger partial charge in [-0.25, -0.2) is 4.39 Å². The van der Waals surface area contributed by atoms with Gasteiger partial charge in [-0.3, -0.25) is 9.59 Å². The zero-order chi connectivity index (χ0) is 23.9. The molecule has 0 saturated heterocycles. The van der Waals surface area contributed by atoms with Crippen molar-refractivity contribution >= 4 is 31.4 Å². The summed E-state index contributed by atoms with van der Waals surface area (Å²) in [5, 5.41) is 2.47. The number of methoxy groups -OCH3 is 1. The molecule has 0 spiro atoms. The zero-order valence-corrected chi connectivity index (χ0v) is 17.8. The quantitative estimate of drug-likeness (QED) is 0.422. The molecule has 1 aliphatic carbocycles. The second-order valence-corrected chi connectivity index (χ2v) is 7.77. The van der Waals surface area contributed by atoms with Crippen molar-refractivity contribution in [3.8, 4) is 0 Å². The van der Waals surface area contributed by atoms with Crippen molar-refractivity contribution in [2.45, 2.75) is 38.3 Å². The summed E-state index contributed by atoms with van der Waals surface area (Å²) in [6.07, 6.45) is -2.27. The number of alkyl halides is 3. The molecule has 3 unspecified atom stereocenters. The Morgan fingerprint density at radius 2 is 1.78 bits per heavy atom. The second kappa shape index (κ2) is 11.2. The first-order valence-electron chi connectivity index (χ1n) is 10.1. The number of nitrogens with one attached hydrogen (secondary N) is 1. The highest BCUT2D eigenvalue weighted by atomic mass is 19.4. The molecule has 0 aromatic heterocycles. The SMILES string of the molecule is COC=O.[B]c1ccc(C2CCC(C)C(C(=O)Nc3ccc(C(F)(F)F)cc3F)C2)cc1. The summed E-state index contributed by atoms with van der Waals surface area (Å²) >= 11 is 0. The van der Waals surface area contributed by atoms with Gasteiger partial charge in [-0.2, -0.15) is 13.2 Å². The fourth-order valence-electron chi connectivity index (χ4n) is 3.78. The highest BCUT2D eigenvalue weighted by Crippen LogP contribution is 2.40. The lowest BCUT2D eigenvalue weighted by Crippen LogP contribution is -2.33. The van der Waals surface area contributed by atoms with Gasteiger partial charge < -0.3 is 10.1 Å². The van der Waals surface area contributed by atoms with Crippen LogP contribution in [0, 0.1) is 17.7 Å². The van der Waals surface area contributed by atoms with Gasteiger partial charge in [0.25, 0.3) is 6.47 Å². The van der Waals surface area contributed by atoms with Crippen LogP contribution in [-0.4, -0.2) is 27.3 Å². The molecule has 1 fully saturated rings. The number of carbonyl (C=O) groups excluding carboxylic acids is 2. The van der Waals surface area contributed by atoms with Gasteiger partial charge >= 0.3 is 6.18 Å². The number of carbonyl (C=O) groups is 2. The number of rotatable bonds is 4. The van der Waals surface area contributed by atoms with Crippen molar-refractivity contribution in [2.75, 3.05) is 12.4 Å². The van der Waals surface area contributed by atoms with E-state index in [9.17, 15) is 22.4 Å². The fourth-order valence-corrected chi connectivity index (χ4v) is 3.78. The molecule has 3 atom stereocenters. The molecule has 1 saturated carbocycles. The predicted octanol–water partition coefficient (Wildman–Crippen LogP) is 4.59. The maximum atomic E-state index is 14.1. The summed E-state index contributed by atoms with van der Waals surface area (Å²) in [5.74, 6) is -1.53. The van der Waals surface area contributed by atoms with E-state index in [0.717, 1.165) is 30.5 Å². The molecule has 2 aromatic carbocycles. The lowest BCUT2D eigenvalue weighted by Gasteiger charge is -2.33. The standard InChI is InChI=1S/C21H20BF4NO.C2H4O2/c1-12-2-3-14(13-4-7-16(22)8-5-13)10-17(12)20(28)27-19-9-6-15(11-18(19)23)21(24,25)26;1-4-2-3/h4-9,11-12,14,17H,2-3,10H2,1H3,(H,27,28);2H,1H3. The normalized spacial score (nSPS) is 20.5. The van der Waals surface area contributed by atoms with Crippen LogP contribution in [0.4, 0.5) is 23.2 Å². The Balaban J connectivity index is 0.000000837. The molecule has 2 aromatic rings. The zero-order valence-electron chi connectivity index (χ0n) is 17.8. The Morgan fingerprint density at radius 3 is 2.31 bits per heavy atom. The van der Waals surface area contributed by atoms with Gasteiger partial charge in [0.2, 0.25) is 5.91 Å². The van der Waals surface area contributed by atoms with Crippen LogP contribution in [0.2, 0.25) is 0 Å². The summed E-state index contributed by atoms with van der Waals surface area (Å²) < 4.78 is 55.9. The Kier molecular flexibility index (Phi) is 8.86. The fraction of sp³-hybridized carbons (Fsp3) is 0.391. The van der Waals surface area contributed by atoms with E-state index in [2.05, 4.69) is 10.1 Å². The monoisotopic (exact) mass is 449 g/mol. The highest BCUT2D eigenvalue weighted by Gasteiger charge is 2.34. The van der Waals surface area contributed by atoms with Gasteiger partial charge in [0.15, 0.2) is 0 Å². The van der Waals surface area contributed by atoms with Crippen LogP contribution in [-0.2, 0) is 20.5 Å². The average molecular weight is 449 g/mol. The minimum Gasteiger partial charge on any atom is -0.471 e. The third-order valence-corrected chi connectivity index (χ3v) is 5.59. The molecule has 0 aliphatic heterocycles. The van der Waals surface area contributed by atoms with Gasteiger partial charge in [-0.1, -0.05) is 36.7 Å². The Labute approximate surface area is 185 Å². The van der Waals surface area contributed by atoms with Gasteiger partial charge in [0.05, 0.1) is 18.4 Å². The van der Waals surface area contributed by atoms with E-state index < -0.39 is 17.6 Å². The van der Waals surface area contributed by atoms with Gasteiger partial charge in [-0.05, 0) is 54.9 Å². The molecule has 4 nitrogen and oxygen atoms in total. The first-order valence-corrected chi connectivity index (χ1v) is 10.1. The number of hydrogen-bond acceptors (Lipinski definition) is 3. The third-order valence-electron chi connectivity index (χ3n) is 5.59. The molecule has 3 rings (SSSR count). The molecule has 32 heavy (non-hydrogen) atoms.